The van der Waals surface area contributed by atoms with Crippen LogP contribution < -0.4 is 5.73 Å². The summed E-state index contributed by atoms with van der Waals surface area (Å²) in [5, 5.41) is 0.776. The van der Waals surface area contributed by atoms with Crippen molar-refractivity contribution in [3.8, 4) is 0 Å². The lowest BCUT2D eigenvalue weighted by Gasteiger charge is -2.01. The number of hydrogen-bond donors (Lipinski definition) is 1. The molecule has 0 aliphatic heterocycles. The van der Waals surface area contributed by atoms with Crippen molar-refractivity contribution in [1.82, 2.24) is 0 Å². The second-order valence-corrected chi connectivity index (χ2v) is 3.41. The summed E-state index contributed by atoms with van der Waals surface area (Å²) in [6.45, 7) is 2.76. The van der Waals surface area contributed by atoms with Gasteiger partial charge in [0.2, 0.25) is 0 Å². The van der Waals surface area contributed by atoms with E-state index in [0.717, 1.165) is 11.4 Å². The van der Waals surface area contributed by atoms with E-state index in [9.17, 15) is 0 Å². The third kappa shape index (κ3) is 3.21. The monoisotopic (exact) mass is 195 g/mol. The SMILES string of the molecule is C/C(=C\CCN)c1cccc(Cl)c1. The minimum atomic E-state index is 0.692. The Morgan fingerprint density at radius 2 is 2.31 bits per heavy atom. The molecule has 0 unspecified atom stereocenters. The summed E-state index contributed by atoms with van der Waals surface area (Å²) in [5.74, 6) is 0. The summed E-state index contributed by atoms with van der Waals surface area (Å²) in [5.41, 5.74) is 7.81. The van der Waals surface area contributed by atoms with Crippen molar-refractivity contribution in [3.05, 3.63) is 40.9 Å². The van der Waals surface area contributed by atoms with Gasteiger partial charge in [0, 0.05) is 5.02 Å². The van der Waals surface area contributed by atoms with Gasteiger partial charge in [-0.3, -0.25) is 0 Å². The fraction of sp³-hybridized carbons (Fsp3) is 0.273. The van der Waals surface area contributed by atoms with Crippen LogP contribution in [0.15, 0.2) is 30.3 Å². The number of halogens is 1. The second kappa shape index (κ2) is 5.05. The first kappa shape index (κ1) is 10.3. The molecular weight excluding hydrogens is 182 g/mol. The molecule has 2 heteroatoms. The van der Waals surface area contributed by atoms with Gasteiger partial charge in [-0.2, -0.15) is 0 Å². The quantitative estimate of drug-likeness (QED) is 0.788. The Balaban J connectivity index is 2.82. The van der Waals surface area contributed by atoms with Crippen molar-refractivity contribution >= 4 is 17.2 Å². The maximum Gasteiger partial charge on any atom is 0.0412 e. The third-order valence-electron chi connectivity index (χ3n) is 1.90. The highest BCUT2D eigenvalue weighted by Crippen LogP contribution is 2.18. The van der Waals surface area contributed by atoms with Crippen LogP contribution in [0.4, 0.5) is 0 Å². The van der Waals surface area contributed by atoms with Crippen molar-refractivity contribution < 1.29 is 0 Å². The topological polar surface area (TPSA) is 26.0 Å². The van der Waals surface area contributed by atoms with Crippen LogP contribution in [0.1, 0.15) is 18.9 Å². The molecule has 0 saturated heterocycles. The van der Waals surface area contributed by atoms with E-state index in [2.05, 4.69) is 13.0 Å². The van der Waals surface area contributed by atoms with Gasteiger partial charge in [0.25, 0.3) is 0 Å². The molecular formula is C11H14ClN. The smallest absolute Gasteiger partial charge is 0.0412 e. The molecule has 70 valence electrons. The van der Waals surface area contributed by atoms with E-state index in [1.54, 1.807) is 0 Å². The lowest BCUT2D eigenvalue weighted by molar-refractivity contribution is 1.01. The predicted octanol–water partition coefficient (Wildman–Crippen LogP) is 3.09. The van der Waals surface area contributed by atoms with Crippen LogP contribution in [0.5, 0.6) is 0 Å². The number of hydrogen-bond acceptors (Lipinski definition) is 1. The molecule has 1 rings (SSSR count). The van der Waals surface area contributed by atoms with Crippen LogP contribution >= 0.6 is 11.6 Å². The Hall–Kier alpha value is -0.790. The number of allylic oxidation sites excluding steroid dienone is 1. The molecule has 1 aromatic carbocycles. The molecule has 2 N–H and O–H groups in total. The second-order valence-electron chi connectivity index (χ2n) is 2.97. The summed E-state index contributed by atoms with van der Waals surface area (Å²) >= 11 is 5.87. The van der Waals surface area contributed by atoms with Crippen LogP contribution in [0.25, 0.3) is 5.57 Å². The Morgan fingerprint density at radius 1 is 1.54 bits per heavy atom. The fourth-order valence-corrected chi connectivity index (χ4v) is 1.34. The highest BCUT2D eigenvalue weighted by molar-refractivity contribution is 6.30. The molecule has 0 bridgehead atoms. The van der Waals surface area contributed by atoms with Gasteiger partial charge >= 0.3 is 0 Å². The molecule has 0 aliphatic carbocycles. The van der Waals surface area contributed by atoms with Crippen LogP contribution in [0.2, 0.25) is 5.02 Å². The fourth-order valence-electron chi connectivity index (χ4n) is 1.15. The highest BCUT2D eigenvalue weighted by Gasteiger charge is 1.95. The number of nitrogens with two attached hydrogens (primary N) is 1. The van der Waals surface area contributed by atoms with E-state index in [0.29, 0.717) is 6.54 Å². The Labute approximate surface area is 84.2 Å². The average Bonchev–Trinajstić information content (AvgIpc) is 2.14. The van der Waals surface area contributed by atoms with Gasteiger partial charge in [0.05, 0.1) is 0 Å². The molecule has 0 saturated carbocycles. The van der Waals surface area contributed by atoms with E-state index in [1.807, 2.05) is 24.3 Å². The molecule has 0 aromatic heterocycles. The summed E-state index contributed by atoms with van der Waals surface area (Å²) < 4.78 is 0. The van der Waals surface area contributed by atoms with Gasteiger partial charge in [0.15, 0.2) is 0 Å². The lowest BCUT2D eigenvalue weighted by Crippen LogP contribution is -1.95. The Morgan fingerprint density at radius 3 is 2.92 bits per heavy atom. The molecule has 0 heterocycles. The van der Waals surface area contributed by atoms with Gasteiger partial charge < -0.3 is 5.73 Å². The van der Waals surface area contributed by atoms with E-state index in [1.165, 1.54) is 11.1 Å². The lowest BCUT2D eigenvalue weighted by atomic mass is 10.1. The van der Waals surface area contributed by atoms with Gasteiger partial charge in [-0.05, 0) is 43.2 Å². The summed E-state index contributed by atoms with van der Waals surface area (Å²) in [6.07, 6.45) is 3.05. The molecule has 1 nitrogen and oxygen atoms in total. The molecule has 1 aromatic rings. The van der Waals surface area contributed by atoms with Crippen LogP contribution in [0.3, 0.4) is 0 Å². The van der Waals surface area contributed by atoms with E-state index in [-0.39, 0.29) is 0 Å². The van der Waals surface area contributed by atoms with Gasteiger partial charge in [-0.25, -0.2) is 0 Å². The normalized spacial score (nSPS) is 11.8. The van der Waals surface area contributed by atoms with Gasteiger partial charge in [-0.15, -0.1) is 0 Å². The van der Waals surface area contributed by atoms with Crippen molar-refractivity contribution in [1.29, 1.82) is 0 Å². The zero-order valence-electron chi connectivity index (χ0n) is 7.76. The standard InChI is InChI=1S/C11H14ClN/c1-9(4-3-7-13)10-5-2-6-11(12)8-10/h2,4-6,8H,3,7,13H2,1H3/b9-4+. The molecule has 0 aliphatic rings. The first-order chi connectivity index (χ1) is 6.24. The zero-order chi connectivity index (χ0) is 9.68. The Bertz CT molecular complexity index is 305. The van der Waals surface area contributed by atoms with Crippen molar-refractivity contribution in [2.45, 2.75) is 13.3 Å². The van der Waals surface area contributed by atoms with Crippen LogP contribution in [-0.4, -0.2) is 6.54 Å². The summed E-state index contributed by atoms with van der Waals surface area (Å²) in [6, 6.07) is 7.84. The third-order valence-corrected chi connectivity index (χ3v) is 2.13. The summed E-state index contributed by atoms with van der Waals surface area (Å²) in [7, 11) is 0. The first-order valence-electron chi connectivity index (χ1n) is 4.37. The average molecular weight is 196 g/mol. The minimum Gasteiger partial charge on any atom is -0.330 e. The maximum absolute atomic E-state index is 5.87. The largest absolute Gasteiger partial charge is 0.330 e. The molecule has 0 spiro atoms. The predicted molar refractivity (Wildman–Crippen MR) is 58.8 cm³/mol. The van der Waals surface area contributed by atoms with Gasteiger partial charge in [-0.1, -0.05) is 29.8 Å². The molecule has 13 heavy (non-hydrogen) atoms. The molecule has 0 atom stereocenters. The Kier molecular flexibility index (Phi) is 4.00. The first-order valence-corrected chi connectivity index (χ1v) is 4.74. The molecule has 0 radical (unpaired) electrons. The van der Waals surface area contributed by atoms with Crippen LogP contribution in [-0.2, 0) is 0 Å². The van der Waals surface area contributed by atoms with Crippen molar-refractivity contribution in [2.75, 3.05) is 6.54 Å². The highest BCUT2D eigenvalue weighted by atomic mass is 35.5. The van der Waals surface area contributed by atoms with Gasteiger partial charge in [0.1, 0.15) is 0 Å². The minimum absolute atomic E-state index is 0.692. The molecule has 0 amide bonds. The maximum atomic E-state index is 5.87. The van der Waals surface area contributed by atoms with Crippen LogP contribution in [0, 0.1) is 0 Å². The van der Waals surface area contributed by atoms with Crippen molar-refractivity contribution in [2.24, 2.45) is 5.73 Å². The zero-order valence-corrected chi connectivity index (χ0v) is 8.51. The van der Waals surface area contributed by atoms with Crippen molar-refractivity contribution in [3.63, 3.8) is 0 Å². The summed E-state index contributed by atoms with van der Waals surface area (Å²) in [4.78, 5) is 0. The van der Waals surface area contributed by atoms with E-state index in [4.69, 9.17) is 17.3 Å². The number of rotatable bonds is 3. The number of benzene rings is 1. The van der Waals surface area contributed by atoms with E-state index < -0.39 is 0 Å². The van der Waals surface area contributed by atoms with E-state index >= 15 is 0 Å². The molecule has 0 fully saturated rings.